The summed E-state index contributed by atoms with van der Waals surface area (Å²) in [5.74, 6) is 0.0356. The number of carboxylic acid groups (broad SMARTS) is 1. The van der Waals surface area contributed by atoms with Gasteiger partial charge >= 0.3 is 5.97 Å². The number of carboxylic acids is 1. The molecule has 0 amide bonds. The first-order valence-electron chi connectivity index (χ1n) is 7.00. The maximum Gasteiger partial charge on any atom is 0.335 e. The smallest absolute Gasteiger partial charge is 0.335 e. The fourth-order valence-corrected chi connectivity index (χ4v) is 2.73. The Morgan fingerprint density at radius 1 is 1.14 bits per heavy atom. The molecule has 1 heterocycles. The van der Waals surface area contributed by atoms with Crippen LogP contribution in [0.1, 0.15) is 35.3 Å². The van der Waals surface area contributed by atoms with Crippen LogP contribution in [0.25, 0.3) is 11.1 Å². The van der Waals surface area contributed by atoms with E-state index < -0.39 is 5.97 Å². The number of carbonyl (C=O) groups is 1. The maximum atomic E-state index is 11.3. The van der Waals surface area contributed by atoms with E-state index in [0.29, 0.717) is 12.2 Å². The molecule has 3 nitrogen and oxygen atoms in total. The number of hydrogen-bond acceptors (Lipinski definition) is 2. The normalized spacial score (nSPS) is 15.4. The molecular weight excluding hydrogens is 264 g/mol. The fourth-order valence-electron chi connectivity index (χ4n) is 2.73. The average Bonchev–Trinajstić information content (AvgIpc) is 2.74. The Morgan fingerprint density at radius 3 is 2.52 bits per heavy atom. The molecule has 0 bridgehead atoms. The van der Waals surface area contributed by atoms with E-state index >= 15 is 0 Å². The Bertz CT molecular complexity index is 729. The summed E-state index contributed by atoms with van der Waals surface area (Å²) in [5, 5.41) is 9.25. The van der Waals surface area contributed by atoms with Gasteiger partial charge < -0.3 is 9.84 Å². The summed E-state index contributed by atoms with van der Waals surface area (Å²) in [5.41, 5.74) is 4.24. The van der Waals surface area contributed by atoms with E-state index in [1.807, 2.05) is 31.2 Å². The van der Waals surface area contributed by atoms with Gasteiger partial charge in [-0.15, -0.1) is 0 Å². The van der Waals surface area contributed by atoms with Gasteiger partial charge in [0.15, 0.2) is 0 Å². The van der Waals surface area contributed by atoms with E-state index in [0.717, 1.165) is 22.4 Å². The second-order valence-electron chi connectivity index (χ2n) is 6.22. The molecule has 3 heteroatoms. The van der Waals surface area contributed by atoms with E-state index in [1.165, 1.54) is 5.56 Å². The highest BCUT2D eigenvalue weighted by Crippen LogP contribution is 2.40. The van der Waals surface area contributed by atoms with E-state index in [9.17, 15) is 9.90 Å². The first-order valence-corrected chi connectivity index (χ1v) is 7.00. The van der Waals surface area contributed by atoms with E-state index in [-0.39, 0.29) is 5.41 Å². The molecule has 3 rings (SSSR count). The second kappa shape index (κ2) is 4.62. The lowest BCUT2D eigenvalue weighted by atomic mass is 9.85. The molecule has 1 N–H and O–H groups in total. The Labute approximate surface area is 124 Å². The zero-order valence-electron chi connectivity index (χ0n) is 12.4. The van der Waals surface area contributed by atoms with Gasteiger partial charge in [0.25, 0.3) is 0 Å². The highest BCUT2D eigenvalue weighted by atomic mass is 16.5. The maximum absolute atomic E-state index is 11.3. The Morgan fingerprint density at radius 2 is 1.81 bits per heavy atom. The third kappa shape index (κ3) is 2.29. The van der Waals surface area contributed by atoms with E-state index in [4.69, 9.17) is 4.74 Å². The van der Waals surface area contributed by atoms with Gasteiger partial charge in [0.2, 0.25) is 0 Å². The van der Waals surface area contributed by atoms with Crippen LogP contribution in [0.15, 0.2) is 36.4 Å². The monoisotopic (exact) mass is 282 g/mol. The molecule has 108 valence electrons. The minimum absolute atomic E-state index is 0.00827. The first-order chi connectivity index (χ1) is 9.88. The van der Waals surface area contributed by atoms with E-state index in [1.54, 1.807) is 6.07 Å². The third-order valence-electron chi connectivity index (χ3n) is 4.10. The lowest BCUT2D eigenvalue weighted by molar-refractivity contribution is 0.0696. The molecule has 0 aromatic heterocycles. The van der Waals surface area contributed by atoms with Gasteiger partial charge in [-0.2, -0.15) is 0 Å². The molecule has 2 aromatic carbocycles. The van der Waals surface area contributed by atoms with Gasteiger partial charge in [-0.25, -0.2) is 4.79 Å². The lowest BCUT2D eigenvalue weighted by Crippen LogP contribution is -2.18. The van der Waals surface area contributed by atoms with Crippen LogP contribution < -0.4 is 4.74 Å². The first kappa shape index (κ1) is 13.7. The van der Waals surface area contributed by atoms with Crippen LogP contribution in [0, 0.1) is 6.92 Å². The summed E-state index contributed by atoms with van der Waals surface area (Å²) < 4.78 is 5.69. The molecule has 1 aliphatic rings. The van der Waals surface area contributed by atoms with Gasteiger partial charge in [-0.05, 0) is 41.8 Å². The zero-order chi connectivity index (χ0) is 15.2. The van der Waals surface area contributed by atoms with E-state index in [2.05, 4.69) is 19.9 Å². The predicted octanol–water partition coefficient (Wildman–Crippen LogP) is 4.03. The second-order valence-corrected chi connectivity index (χ2v) is 6.22. The number of aryl methyl sites for hydroxylation is 1. The molecule has 21 heavy (non-hydrogen) atoms. The number of hydrogen-bond donors (Lipinski definition) is 1. The predicted molar refractivity (Wildman–Crippen MR) is 82.1 cm³/mol. The zero-order valence-corrected chi connectivity index (χ0v) is 12.4. The molecule has 1 aliphatic heterocycles. The van der Waals surface area contributed by atoms with Crippen molar-refractivity contribution in [3.63, 3.8) is 0 Å². The molecule has 0 fully saturated rings. The molecule has 0 aliphatic carbocycles. The Kier molecular flexibility index (Phi) is 3.01. The highest BCUT2D eigenvalue weighted by Gasteiger charge is 2.31. The summed E-state index contributed by atoms with van der Waals surface area (Å²) >= 11 is 0. The molecule has 2 aromatic rings. The molecule has 0 saturated carbocycles. The number of benzene rings is 2. The Balaban J connectivity index is 2.10. The number of rotatable bonds is 2. The molecular formula is C18H18O3. The standard InChI is InChI=1S/C18H18O3/c1-11-4-5-12(8-14(11)17(19)20)13-6-7-16-15(9-13)18(2,3)10-21-16/h4-9H,10H2,1-3H3,(H,19,20). The van der Waals surface area contributed by atoms with Crippen LogP contribution in [0.4, 0.5) is 0 Å². The fraction of sp³-hybridized carbons (Fsp3) is 0.278. The van der Waals surface area contributed by atoms with Crippen molar-refractivity contribution in [2.45, 2.75) is 26.2 Å². The van der Waals surface area contributed by atoms with Crippen molar-refractivity contribution in [1.82, 2.24) is 0 Å². The minimum atomic E-state index is -0.890. The van der Waals surface area contributed by atoms with Crippen molar-refractivity contribution in [1.29, 1.82) is 0 Å². The summed E-state index contributed by atoms with van der Waals surface area (Å²) in [4.78, 5) is 11.3. The van der Waals surface area contributed by atoms with Crippen LogP contribution in [0.3, 0.4) is 0 Å². The van der Waals surface area contributed by atoms with Crippen LogP contribution in [-0.2, 0) is 5.41 Å². The van der Waals surface area contributed by atoms with Crippen LogP contribution in [0.5, 0.6) is 5.75 Å². The highest BCUT2D eigenvalue weighted by molar-refractivity contribution is 5.91. The molecule has 0 spiro atoms. The SMILES string of the molecule is Cc1ccc(-c2ccc3c(c2)C(C)(C)CO3)cc1C(=O)O. The van der Waals surface area contributed by atoms with Gasteiger partial charge in [-0.3, -0.25) is 0 Å². The third-order valence-corrected chi connectivity index (χ3v) is 4.10. The lowest BCUT2D eigenvalue weighted by Gasteiger charge is -2.16. The Hall–Kier alpha value is -2.29. The van der Waals surface area contributed by atoms with Crippen molar-refractivity contribution in [2.75, 3.05) is 6.61 Å². The quantitative estimate of drug-likeness (QED) is 0.904. The van der Waals surface area contributed by atoms with Crippen LogP contribution in [0.2, 0.25) is 0 Å². The van der Waals surface area contributed by atoms with Crippen LogP contribution >= 0.6 is 0 Å². The van der Waals surface area contributed by atoms with Gasteiger partial charge in [0.1, 0.15) is 5.75 Å². The van der Waals surface area contributed by atoms with Crippen LogP contribution in [-0.4, -0.2) is 17.7 Å². The largest absolute Gasteiger partial charge is 0.492 e. The molecule has 0 unspecified atom stereocenters. The summed E-state index contributed by atoms with van der Waals surface area (Å²) in [7, 11) is 0. The topological polar surface area (TPSA) is 46.5 Å². The number of ether oxygens (including phenoxy) is 1. The minimum Gasteiger partial charge on any atom is -0.492 e. The van der Waals surface area contributed by atoms with Crippen molar-refractivity contribution in [2.24, 2.45) is 0 Å². The van der Waals surface area contributed by atoms with Gasteiger partial charge in [-0.1, -0.05) is 32.0 Å². The molecule has 0 radical (unpaired) electrons. The van der Waals surface area contributed by atoms with Crippen molar-refractivity contribution in [3.8, 4) is 16.9 Å². The van der Waals surface area contributed by atoms with Gasteiger partial charge in [0, 0.05) is 11.0 Å². The van der Waals surface area contributed by atoms with Crippen molar-refractivity contribution >= 4 is 5.97 Å². The van der Waals surface area contributed by atoms with Crippen molar-refractivity contribution < 1.29 is 14.6 Å². The number of aromatic carboxylic acids is 1. The molecule has 0 saturated heterocycles. The molecule has 0 atom stereocenters. The van der Waals surface area contributed by atoms with Gasteiger partial charge in [0.05, 0.1) is 12.2 Å². The summed E-state index contributed by atoms with van der Waals surface area (Å²) in [6.07, 6.45) is 0. The van der Waals surface area contributed by atoms with Crippen molar-refractivity contribution in [3.05, 3.63) is 53.1 Å². The average molecular weight is 282 g/mol. The summed E-state index contributed by atoms with van der Waals surface area (Å²) in [6, 6.07) is 11.6. The summed E-state index contributed by atoms with van der Waals surface area (Å²) in [6.45, 7) is 6.80. The number of fused-ring (bicyclic) bond motifs is 1.